The molecule has 1 unspecified atom stereocenters. The summed E-state index contributed by atoms with van der Waals surface area (Å²) in [5.41, 5.74) is 0.658. The van der Waals surface area contributed by atoms with Gasteiger partial charge in [-0.3, -0.25) is 9.36 Å². The summed E-state index contributed by atoms with van der Waals surface area (Å²) < 4.78 is 1.40. The highest BCUT2D eigenvalue weighted by Crippen LogP contribution is 2.34. The molecule has 3 aromatic rings. The molecule has 0 aliphatic carbocycles. The van der Waals surface area contributed by atoms with Gasteiger partial charge in [-0.1, -0.05) is 35.3 Å². The van der Waals surface area contributed by atoms with E-state index in [-0.39, 0.29) is 32.3 Å². The molecule has 0 fully saturated rings. The zero-order valence-electron chi connectivity index (χ0n) is 12.7. The Morgan fingerprint density at radius 1 is 1.25 bits per heavy atom. The minimum absolute atomic E-state index is 0.0585. The topological polar surface area (TPSA) is 67.2 Å². The molecule has 0 radical (unpaired) electrons. The Hall–Kier alpha value is -1.81. The molecule has 0 saturated heterocycles. The molecule has 1 heterocycles. The molecule has 124 valence electrons. The van der Waals surface area contributed by atoms with Crippen molar-refractivity contribution < 1.29 is 5.11 Å². The largest absolute Gasteiger partial charge is 0.504 e. The number of phenolic OH excluding ortho intramolecular Hbond substituents is 1. The Kier molecular flexibility index (Phi) is 4.68. The van der Waals surface area contributed by atoms with Crippen LogP contribution in [-0.2, 0) is 13.6 Å². The maximum atomic E-state index is 12.5. The van der Waals surface area contributed by atoms with Crippen LogP contribution in [0.15, 0.2) is 35.1 Å². The number of phenols is 1. The van der Waals surface area contributed by atoms with Gasteiger partial charge in [-0.05, 0) is 23.5 Å². The van der Waals surface area contributed by atoms with Crippen LogP contribution in [0.2, 0.25) is 10.0 Å². The van der Waals surface area contributed by atoms with E-state index in [1.807, 2.05) is 24.3 Å². The number of nitrogens with zero attached hydrogens (tertiary/aromatic N) is 2. The van der Waals surface area contributed by atoms with Crippen molar-refractivity contribution in [2.45, 2.75) is 6.54 Å². The summed E-state index contributed by atoms with van der Waals surface area (Å²) in [7, 11) is 4.23. The van der Waals surface area contributed by atoms with Crippen molar-refractivity contribution in [3.63, 3.8) is 0 Å². The molecule has 3 rings (SSSR count). The zero-order valence-corrected chi connectivity index (χ0v) is 15.3. The number of hydrogen-bond acceptors (Lipinski definition) is 4. The molecule has 8 heteroatoms. The molecule has 0 saturated carbocycles. The highest BCUT2D eigenvalue weighted by atomic mass is 35.5. The summed E-state index contributed by atoms with van der Waals surface area (Å²) in [4.78, 5) is 16.9. The molecule has 2 N–H and O–H groups in total. The van der Waals surface area contributed by atoms with Gasteiger partial charge in [-0.2, -0.15) is 0 Å². The molecule has 5 nitrogen and oxygen atoms in total. The molecule has 1 aromatic heterocycles. The zero-order chi connectivity index (χ0) is 17.4. The molecule has 1 atom stereocenters. The predicted molar refractivity (Wildman–Crippen MR) is 102 cm³/mol. The van der Waals surface area contributed by atoms with Gasteiger partial charge in [0.25, 0.3) is 5.56 Å². The van der Waals surface area contributed by atoms with Crippen molar-refractivity contribution in [1.82, 2.24) is 9.55 Å². The van der Waals surface area contributed by atoms with Crippen LogP contribution in [0, 0.1) is 0 Å². The third-order valence-corrected chi connectivity index (χ3v) is 4.66. The van der Waals surface area contributed by atoms with Gasteiger partial charge >= 0.3 is 0 Å². The van der Waals surface area contributed by atoms with Gasteiger partial charge in [0.2, 0.25) is 0 Å². The van der Waals surface area contributed by atoms with Crippen LogP contribution in [0.1, 0.15) is 5.82 Å². The minimum Gasteiger partial charge on any atom is -0.504 e. The molecule has 2 aromatic carbocycles. The van der Waals surface area contributed by atoms with E-state index in [4.69, 9.17) is 23.2 Å². The van der Waals surface area contributed by atoms with Crippen LogP contribution in [0.3, 0.4) is 0 Å². The van der Waals surface area contributed by atoms with E-state index in [9.17, 15) is 9.90 Å². The third kappa shape index (κ3) is 3.07. The van der Waals surface area contributed by atoms with Gasteiger partial charge in [0.05, 0.1) is 22.0 Å². The molecular formula is C16H14Cl2N3O2P. The smallest absolute Gasteiger partial charge is 0.262 e. The second kappa shape index (κ2) is 6.60. The van der Waals surface area contributed by atoms with Crippen LogP contribution >= 0.6 is 32.4 Å². The number of nitrogens with one attached hydrogen (secondary N) is 1. The van der Waals surface area contributed by atoms with E-state index in [0.29, 0.717) is 12.4 Å². The fourth-order valence-corrected chi connectivity index (χ4v) is 3.06. The van der Waals surface area contributed by atoms with Crippen molar-refractivity contribution in [3.05, 3.63) is 56.6 Å². The average Bonchev–Trinajstić information content (AvgIpc) is 2.55. The molecule has 0 bridgehead atoms. The molecule has 0 amide bonds. The lowest BCUT2D eigenvalue weighted by Crippen LogP contribution is -2.24. The van der Waals surface area contributed by atoms with Crippen LogP contribution in [0.4, 0.5) is 5.69 Å². The lowest BCUT2D eigenvalue weighted by Gasteiger charge is -2.13. The first-order valence-corrected chi connectivity index (χ1v) is 8.38. The lowest BCUT2D eigenvalue weighted by atomic mass is 10.2. The second-order valence-electron chi connectivity index (χ2n) is 5.28. The first kappa shape index (κ1) is 17.0. The van der Waals surface area contributed by atoms with Crippen molar-refractivity contribution >= 4 is 54.3 Å². The Morgan fingerprint density at radius 3 is 2.58 bits per heavy atom. The maximum absolute atomic E-state index is 12.5. The SMILES string of the molecule is Cn1c(CNc2ccc(P)cc2)nc2c(O)c(Cl)cc(Cl)c2c1=O. The van der Waals surface area contributed by atoms with Gasteiger partial charge in [-0.15, -0.1) is 9.24 Å². The lowest BCUT2D eigenvalue weighted by molar-refractivity contribution is 0.480. The number of anilines is 1. The summed E-state index contributed by atoms with van der Waals surface area (Å²) in [5.74, 6) is 0.207. The molecule has 24 heavy (non-hydrogen) atoms. The van der Waals surface area contributed by atoms with E-state index in [0.717, 1.165) is 11.0 Å². The van der Waals surface area contributed by atoms with E-state index in [2.05, 4.69) is 19.5 Å². The summed E-state index contributed by atoms with van der Waals surface area (Å²) in [6.45, 7) is 0.307. The Bertz CT molecular complexity index is 988. The standard InChI is InChI=1S/C16H14Cl2N3O2P/c1-21-12(7-19-8-2-4-9(24)5-3-8)20-14-13(16(21)23)10(17)6-11(18)15(14)22/h2-6,19,22H,7,24H2,1H3. The van der Waals surface area contributed by atoms with Crippen LogP contribution in [0.5, 0.6) is 5.75 Å². The second-order valence-corrected chi connectivity index (χ2v) is 6.76. The van der Waals surface area contributed by atoms with Gasteiger partial charge in [-0.25, -0.2) is 4.98 Å². The van der Waals surface area contributed by atoms with Crippen LogP contribution in [-0.4, -0.2) is 14.7 Å². The third-order valence-electron chi connectivity index (χ3n) is 3.69. The number of aromatic hydroxyl groups is 1. The first-order chi connectivity index (χ1) is 11.4. The number of aromatic nitrogens is 2. The van der Waals surface area contributed by atoms with E-state index in [1.165, 1.54) is 10.6 Å². The normalized spacial score (nSPS) is 11.0. The van der Waals surface area contributed by atoms with E-state index < -0.39 is 0 Å². The summed E-state index contributed by atoms with van der Waals surface area (Å²) in [5, 5.41) is 14.8. The molecular weight excluding hydrogens is 368 g/mol. The fraction of sp³-hybridized carbons (Fsp3) is 0.125. The van der Waals surface area contributed by atoms with Crippen molar-refractivity contribution in [2.24, 2.45) is 7.05 Å². The molecule has 0 spiro atoms. The average molecular weight is 382 g/mol. The molecule has 0 aliphatic rings. The van der Waals surface area contributed by atoms with Gasteiger partial charge in [0.15, 0.2) is 5.75 Å². The number of halogens is 2. The predicted octanol–water partition coefficient (Wildman–Crippen LogP) is 3.06. The van der Waals surface area contributed by atoms with Crippen molar-refractivity contribution in [1.29, 1.82) is 0 Å². The van der Waals surface area contributed by atoms with E-state index >= 15 is 0 Å². The summed E-state index contributed by atoms with van der Waals surface area (Å²) in [6, 6.07) is 9.09. The number of benzene rings is 2. The summed E-state index contributed by atoms with van der Waals surface area (Å²) >= 11 is 12.0. The van der Waals surface area contributed by atoms with Gasteiger partial charge in [0.1, 0.15) is 11.3 Å². The van der Waals surface area contributed by atoms with Crippen molar-refractivity contribution in [3.8, 4) is 5.75 Å². The van der Waals surface area contributed by atoms with Gasteiger partial charge < -0.3 is 10.4 Å². The van der Waals surface area contributed by atoms with Gasteiger partial charge in [0, 0.05) is 12.7 Å². The quantitative estimate of drug-likeness (QED) is 0.684. The summed E-state index contributed by atoms with van der Waals surface area (Å²) in [6.07, 6.45) is 0. The van der Waals surface area contributed by atoms with Crippen LogP contribution < -0.4 is 16.2 Å². The Balaban J connectivity index is 2.05. The Morgan fingerprint density at radius 2 is 1.92 bits per heavy atom. The molecule has 0 aliphatic heterocycles. The number of rotatable bonds is 3. The van der Waals surface area contributed by atoms with Crippen LogP contribution in [0.25, 0.3) is 10.9 Å². The fourth-order valence-electron chi connectivity index (χ4n) is 2.34. The number of fused-ring (bicyclic) bond motifs is 1. The van der Waals surface area contributed by atoms with Crippen molar-refractivity contribution in [2.75, 3.05) is 5.32 Å². The first-order valence-electron chi connectivity index (χ1n) is 7.04. The number of hydrogen-bond donors (Lipinski definition) is 2. The highest BCUT2D eigenvalue weighted by molar-refractivity contribution is 7.27. The monoisotopic (exact) mass is 381 g/mol. The van der Waals surface area contributed by atoms with E-state index in [1.54, 1.807) is 7.05 Å². The maximum Gasteiger partial charge on any atom is 0.262 e. The minimum atomic E-state index is -0.339. The highest BCUT2D eigenvalue weighted by Gasteiger charge is 2.17. The Labute approximate surface area is 150 Å².